The Bertz CT molecular complexity index is 732. The molecule has 25 heavy (non-hydrogen) atoms. The molecule has 2 aromatic rings. The number of amides is 1. The zero-order chi connectivity index (χ0) is 17.1. The average molecular weight is 343 g/mol. The third-order valence-corrected chi connectivity index (χ3v) is 5.13. The van der Waals surface area contributed by atoms with Gasteiger partial charge in [-0.25, -0.2) is 0 Å². The Kier molecular flexibility index (Phi) is 4.83. The fourth-order valence-electron chi connectivity index (χ4n) is 3.70. The van der Waals surface area contributed by atoms with Crippen LogP contribution in [0.4, 0.5) is 0 Å². The van der Waals surface area contributed by atoms with Crippen molar-refractivity contribution in [3.8, 4) is 5.88 Å². The van der Waals surface area contributed by atoms with E-state index in [1.807, 2.05) is 12.1 Å². The number of hydrogen-bond acceptors (Lipinski definition) is 5. The van der Waals surface area contributed by atoms with Gasteiger partial charge < -0.3 is 15.4 Å². The van der Waals surface area contributed by atoms with Crippen LogP contribution in [0.25, 0.3) is 11.0 Å². The predicted molar refractivity (Wildman–Crippen MR) is 94.7 cm³/mol. The van der Waals surface area contributed by atoms with Crippen LogP contribution in [0.2, 0.25) is 0 Å². The second-order valence-electron chi connectivity index (χ2n) is 6.99. The SMILES string of the molecule is O=C(NC1CCNCC1)c1n[nH]c2nc(OC3CCCCC3)ccc12. The van der Waals surface area contributed by atoms with E-state index in [4.69, 9.17) is 4.74 Å². The van der Waals surface area contributed by atoms with Crippen LogP contribution >= 0.6 is 0 Å². The van der Waals surface area contributed by atoms with Crippen molar-refractivity contribution in [2.24, 2.45) is 0 Å². The molecule has 3 N–H and O–H groups in total. The normalized spacial score (nSPS) is 19.8. The highest BCUT2D eigenvalue weighted by Crippen LogP contribution is 2.24. The molecule has 1 aliphatic carbocycles. The molecule has 4 rings (SSSR count). The van der Waals surface area contributed by atoms with E-state index in [1.54, 1.807) is 0 Å². The van der Waals surface area contributed by atoms with E-state index >= 15 is 0 Å². The Labute approximate surface area is 146 Å². The highest BCUT2D eigenvalue weighted by Gasteiger charge is 2.21. The number of carbonyl (C=O) groups is 1. The second-order valence-corrected chi connectivity index (χ2v) is 6.99. The number of fused-ring (bicyclic) bond motifs is 1. The molecular formula is C18H25N5O2. The van der Waals surface area contributed by atoms with Gasteiger partial charge in [0.2, 0.25) is 5.88 Å². The molecule has 0 atom stereocenters. The van der Waals surface area contributed by atoms with Crippen molar-refractivity contribution >= 4 is 16.9 Å². The molecule has 2 aromatic heterocycles. The minimum atomic E-state index is -0.138. The van der Waals surface area contributed by atoms with Gasteiger partial charge in [0.05, 0.1) is 5.39 Å². The molecule has 0 aromatic carbocycles. The van der Waals surface area contributed by atoms with Crippen molar-refractivity contribution < 1.29 is 9.53 Å². The van der Waals surface area contributed by atoms with Crippen LogP contribution in [-0.2, 0) is 0 Å². The van der Waals surface area contributed by atoms with E-state index in [0.717, 1.165) is 44.2 Å². The first-order valence-electron chi connectivity index (χ1n) is 9.33. The molecule has 3 heterocycles. The zero-order valence-electron chi connectivity index (χ0n) is 14.4. The molecule has 1 saturated carbocycles. The third kappa shape index (κ3) is 3.76. The van der Waals surface area contributed by atoms with Gasteiger partial charge in [-0.15, -0.1) is 0 Å². The molecule has 1 aliphatic heterocycles. The molecule has 2 aliphatic rings. The highest BCUT2D eigenvalue weighted by atomic mass is 16.5. The molecule has 7 nitrogen and oxygen atoms in total. The number of piperidine rings is 1. The van der Waals surface area contributed by atoms with E-state index in [2.05, 4.69) is 25.8 Å². The van der Waals surface area contributed by atoms with E-state index < -0.39 is 0 Å². The van der Waals surface area contributed by atoms with Gasteiger partial charge in [0.15, 0.2) is 11.3 Å². The van der Waals surface area contributed by atoms with E-state index in [9.17, 15) is 4.79 Å². The smallest absolute Gasteiger partial charge is 0.272 e. The number of pyridine rings is 1. The number of hydrogen-bond donors (Lipinski definition) is 3. The fraction of sp³-hybridized carbons (Fsp3) is 0.611. The van der Waals surface area contributed by atoms with Crippen LogP contribution in [0.5, 0.6) is 5.88 Å². The largest absolute Gasteiger partial charge is 0.474 e. The van der Waals surface area contributed by atoms with Gasteiger partial charge in [0.1, 0.15) is 6.10 Å². The summed E-state index contributed by atoms with van der Waals surface area (Å²) in [6, 6.07) is 3.93. The second kappa shape index (κ2) is 7.39. The third-order valence-electron chi connectivity index (χ3n) is 5.13. The maximum atomic E-state index is 12.5. The first-order chi connectivity index (χ1) is 12.3. The first-order valence-corrected chi connectivity index (χ1v) is 9.33. The summed E-state index contributed by atoms with van der Waals surface area (Å²) in [5.74, 6) is 0.467. The lowest BCUT2D eigenvalue weighted by atomic mass is 9.98. The fourth-order valence-corrected chi connectivity index (χ4v) is 3.70. The van der Waals surface area contributed by atoms with E-state index in [1.165, 1.54) is 19.3 Å². The molecule has 0 unspecified atom stereocenters. The van der Waals surface area contributed by atoms with E-state index in [0.29, 0.717) is 17.2 Å². The summed E-state index contributed by atoms with van der Waals surface area (Å²) in [4.78, 5) is 17.0. The molecule has 2 fully saturated rings. The Hall–Kier alpha value is -2.15. The summed E-state index contributed by atoms with van der Waals surface area (Å²) < 4.78 is 5.99. The minimum Gasteiger partial charge on any atom is -0.474 e. The number of aromatic nitrogens is 3. The number of aromatic amines is 1. The van der Waals surface area contributed by atoms with Crippen LogP contribution in [0.1, 0.15) is 55.4 Å². The topological polar surface area (TPSA) is 91.9 Å². The van der Waals surface area contributed by atoms with Gasteiger partial charge in [0, 0.05) is 12.1 Å². The average Bonchev–Trinajstić information content (AvgIpc) is 3.07. The number of nitrogens with one attached hydrogen (secondary N) is 3. The summed E-state index contributed by atoms with van der Waals surface area (Å²) in [5.41, 5.74) is 1.01. The standard InChI is InChI=1S/C18H25N5O2/c24-18(20-12-8-10-19-11-9-12)16-14-6-7-15(21-17(14)23-22-16)25-13-4-2-1-3-5-13/h6-7,12-13,19H,1-5,8-11H2,(H,20,24)(H,21,22,23). The van der Waals surface area contributed by atoms with Crippen LogP contribution < -0.4 is 15.4 Å². The van der Waals surface area contributed by atoms with Crippen LogP contribution in [0.3, 0.4) is 0 Å². The summed E-state index contributed by atoms with van der Waals surface area (Å²) in [5, 5.41) is 14.2. The number of ether oxygens (including phenoxy) is 1. The van der Waals surface area contributed by atoms with Crippen LogP contribution in [0, 0.1) is 0 Å². The summed E-state index contributed by atoms with van der Waals surface area (Å²) in [7, 11) is 0. The van der Waals surface area contributed by atoms with Crippen molar-refractivity contribution in [1.29, 1.82) is 0 Å². The number of nitrogens with zero attached hydrogens (tertiary/aromatic N) is 2. The first kappa shape index (κ1) is 16.3. The zero-order valence-corrected chi connectivity index (χ0v) is 14.4. The molecule has 0 bridgehead atoms. The molecule has 7 heteroatoms. The Morgan fingerprint density at radius 3 is 2.72 bits per heavy atom. The summed E-state index contributed by atoms with van der Waals surface area (Å²) in [6.45, 7) is 1.88. The van der Waals surface area contributed by atoms with Crippen LogP contribution in [-0.4, -0.2) is 46.3 Å². The Balaban J connectivity index is 1.46. The van der Waals surface area contributed by atoms with E-state index in [-0.39, 0.29) is 18.1 Å². The maximum Gasteiger partial charge on any atom is 0.272 e. The van der Waals surface area contributed by atoms with Gasteiger partial charge in [-0.05, 0) is 57.7 Å². The van der Waals surface area contributed by atoms with Gasteiger partial charge >= 0.3 is 0 Å². The quantitative estimate of drug-likeness (QED) is 0.791. The molecule has 134 valence electrons. The van der Waals surface area contributed by atoms with Gasteiger partial charge in [-0.3, -0.25) is 9.89 Å². The number of H-pyrrole nitrogens is 1. The summed E-state index contributed by atoms with van der Waals surface area (Å²) >= 11 is 0. The Morgan fingerprint density at radius 2 is 1.92 bits per heavy atom. The molecule has 0 radical (unpaired) electrons. The molecule has 1 amide bonds. The van der Waals surface area contributed by atoms with Gasteiger partial charge in [-0.2, -0.15) is 10.1 Å². The molecule has 0 spiro atoms. The summed E-state index contributed by atoms with van der Waals surface area (Å²) in [6.07, 6.45) is 8.07. The maximum absolute atomic E-state index is 12.5. The van der Waals surface area contributed by atoms with Crippen LogP contribution in [0.15, 0.2) is 12.1 Å². The highest BCUT2D eigenvalue weighted by molar-refractivity contribution is 6.04. The predicted octanol–water partition coefficient (Wildman–Crippen LogP) is 2.15. The van der Waals surface area contributed by atoms with Gasteiger partial charge in [0.25, 0.3) is 5.91 Å². The lowest BCUT2D eigenvalue weighted by Gasteiger charge is -2.23. The monoisotopic (exact) mass is 343 g/mol. The molecular weight excluding hydrogens is 318 g/mol. The number of carbonyl (C=O) groups excluding carboxylic acids is 1. The van der Waals surface area contributed by atoms with Crippen molar-refractivity contribution in [1.82, 2.24) is 25.8 Å². The molecule has 1 saturated heterocycles. The van der Waals surface area contributed by atoms with Crippen molar-refractivity contribution in [3.63, 3.8) is 0 Å². The van der Waals surface area contributed by atoms with Gasteiger partial charge in [-0.1, -0.05) is 6.42 Å². The lowest BCUT2D eigenvalue weighted by Crippen LogP contribution is -2.42. The lowest BCUT2D eigenvalue weighted by molar-refractivity contribution is 0.0926. The Morgan fingerprint density at radius 1 is 1.12 bits per heavy atom. The minimum absolute atomic E-state index is 0.138. The van der Waals surface area contributed by atoms with Crippen molar-refractivity contribution in [3.05, 3.63) is 17.8 Å². The number of rotatable bonds is 4. The van der Waals surface area contributed by atoms with Crippen molar-refractivity contribution in [2.75, 3.05) is 13.1 Å². The van der Waals surface area contributed by atoms with Crippen molar-refractivity contribution in [2.45, 2.75) is 57.1 Å².